The van der Waals surface area contributed by atoms with Crippen molar-refractivity contribution in [3.05, 3.63) is 95.6 Å². The van der Waals surface area contributed by atoms with E-state index in [1.54, 1.807) is 10.4 Å². The van der Waals surface area contributed by atoms with E-state index in [-0.39, 0.29) is 16.4 Å². The monoisotopic (exact) mass is 867 g/mol. The number of ether oxygens (including phenoxy) is 1. The number of halogens is 2. The Labute approximate surface area is 350 Å². The average Bonchev–Trinajstić information content (AvgIpc) is 3.72. The molecular formula is C49H61Cl2NOSiZr. The second-order valence-electron chi connectivity index (χ2n) is 19.1. The molecule has 6 heteroatoms. The molecule has 6 aromatic carbocycles. The van der Waals surface area contributed by atoms with Crippen LogP contribution in [0, 0.1) is 6.92 Å². The van der Waals surface area contributed by atoms with Crippen molar-refractivity contribution in [1.82, 2.24) is 4.57 Å². The molecule has 7 aromatic rings. The molecule has 0 saturated carbocycles. The molecule has 0 aliphatic heterocycles. The second-order valence-corrected chi connectivity index (χ2v) is 27.0. The van der Waals surface area contributed by atoms with Crippen LogP contribution in [0.25, 0.3) is 54.1 Å². The van der Waals surface area contributed by atoms with Crippen molar-refractivity contribution in [2.75, 3.05) is 6.61 Å². The summed E-state index contributed by atoms with van der Waals surface area (Å²) in [5, 5.41) is 14.8. The maximum absolute atomic E-state index is 6.12. The van der Waals surface area contributed by atoms with E-state index in [4.69, 9.17) is 21.8 Å². The van der Waals surface area contributed by atoms with Gasteiger partial charge in [-0.25, -0.2) is 0 Å². The zero-order valence-corrected chi connectivity index (χ0v) is 40.3. The number of nitrogens with zero attached hydrogens (tertiary/aromatic N) is 1. The van der Waals surface area contributed by atoms with Crippen LogP contribution < -0.4 is 10.4 Å². The van der Waals surface area contributed by atoms with E-state index < -0.39 is 28.9 Å². The first kappa shape index (κ1) is 42.4. The van der Waals surface area contributed by atoms with Crippen LogP contribution in [-0.2, 0) is 43.5 Å². The fourth-order valence-electron chi connectivity index (χ4n) is 9.07. The van der Waals surface area contributed by atoms with Crippen molar-refractivity contribution in [3.63, 3.8) is 0 Å². The number of rotatable bonds is 9. The van der Waals surface area contributed by atoms with Crippen LogP contribution in [-0.4, -0.2) is 24.8 Å². The number of hydrogen-bond acceptors (Lipinski definition) is 1. The SMILES string of the molecule is Cc1ccc2c(c1)c1c(c3ccccc3[c-]1[Si](C)(CCCCCCOC(C)(C)C)[c-]1c3cc(C(C)(C)C)ccc3c3ccc(C(C)(C)C)cc31)n2C.[Cl][Zr+2][Cl]. The van der Waals surface area contributed by atoms with Gasteiger partial charge in [0.25, 0.3) is 0 Å². The molecule has 0 radical (unpaired) electrons. The molecule has 2 nitrogen and oxygen atoms in total. The van der Waals surface area contributed by atoms with E-state index in [2.05, 4.69) is 166 Å². The molecule has 0 N–H and O–H groups in total. The molecule has 1 aromatic heterocycles. The minimum absolute atomic E-state index is 0.0615. The summed E-state index contributed by atoms with van der Waals surface area (Å²) in [5.74, 6) is 0. The summed E-state index contributed by atoms with van der Waals surface area (Å²) in [6.07, 6.45) is 4.77. The Balaban J connectivity index is 0.00000166. The van der Waals surface area contributed by atoms with Gasteiger partial charge in [0.1, 0.15) is 0 Å². The van der Waals surface area contributed by atoms with Gasteiger partial charge in [-0.1, -0.05) is 161 Å². The Kier molecular flexibility index (Phi) is 12.5. The van der Waals surface area contributed by atoms with E-state index in [9.17, 15) is 0 Å². The van der Waals surface area contributed by atoms with Crippen LogP contribution in [0.4, 0.5) is 0 Å². The van der Waals surface area contributed by atoms with Crippen molar-refractivity contribution in [2.45, 2.75) is 124 Å². The van der Waals surface area contributed by atoms with Crippen molar-refractivity contribution in [1.29, 1.82) is 0 Å². The van der Waals surface area contributed by atoms with Gasteiger partial charge in [0.15, 0.2) is 0 Å². The van der Waals surface area contributed by atoms with Crippen molar-refractivity contribution >= 4 is 89.6 Å². The third-order valence-electron chi connectivity index (χ3n) is 11.9. The van der Waals surface area contributed by atoms with E-state index in [1.165, 1.54) is 96.1 Å². The van der Waals surface area contributed by atoms with E-state index in [1.807, 2.05) is 0 Å². The zero-order valence-electron chi connectivity index (χ0n) is 35.4. The molecule has 290 valence electrons. The number of unbranched alkanes of at least 4 members (excludes halogenated alkanes) is 3. The predicted molar refractivity (Wildman–Crippen MR) is 244 cm³/mol. The molecule has 0 saturated heterocycles. The fraction of sp³-hybridized carbons (Fsp3) is 0.429. The summed E-state index contributed by atoms with van der Waals surface area (Å²) in [7, 11) is 9.67. The van der Waals surface area contributed by atoms with Gasteiger partial charge < -0.3 is 9.30 Å². The molecule has 55 heavy (non-hydrogen) atoms. The van der Waals surface area contributed by atoms with Crippen LogP contribution in [0.5, 0.6) is 0 Å². The van der Waals surface area contributed by atoms with Crippen molar-refractivity contribution in [3.8, 4) is 0 Å². The average molecular weight is 870 g/mol. The molecule has 1 unspecified atom stereocenters. The summed E-state index contributed by atoms with van der Waals surface area (Å²) in [6.45, 7) is 26.5. The molecule has 7 rings (SSSR count). The molecular weight excluding hydrogens is 809 g/mol. The van der Waals surface area contributed by atoms with E-state index >= 15 is 0 Å². The Morgan fingerprint density at radius 3 is 1.78 bits per heavy atom. The predicted octanol–water partition coefficient (Wildman–Crippen LogP) is 14.1. The third kappa shape index (κ3) is 8.38. The zero-order chi connectivity index (χ0) is 40.1. The number of hydrogen-bond donors (Lipinski definition) is 0. The van der Waals surface area contributed by atoms with Crippen LogP contribution in [0.2, 0.25) is 12.6 Å². The van der Waals surface area contributed by atoms with Crippen LogP contribution in [0.1, 0.15) is 105 Å². The molecule has 0 amide bonds. The summed E-state index contributed by atoms with van der Waals surface area (Å²) in [6, 6.07) is 32.5. The quantitative estimate of drug-likeness (QED) is 0.0801. The number of aromatic nitrogens is 1. The van der Waals surface area contributed by atoms with Crippen LogP contribution in [0.3, 0.4) is 0 Å². The Bertz CT molecular complexity index is 2390. The molecule has 0 spiro atoms. The number of aryl methyl sites for hydroxylation is 2. The van der Waals surface area contributed by atoms with E-state index in [0.717, 1.165) is 13.0 Å². The third-order valence-corrected chi connectivity index (χ3v) is 16.5. The normalized spacial score (nSPS) is 13.9. The van der Waals surface area contributed by atoms with Crippen LogP contribution >= 0.6 is 17.0 Å². The first-order chi connectivity index (χ1) is 25.8. The first-order valence-electron chi connectivity index (χ1n) is 20.2. The fourth-order valence-corrected chi connectivity index (χ4v) is 14.0. The summed E-state index contributed by atoms with van der Waals surface area (Å²) >= 11 is -0.826. The molecule has 0 bridgehead atoms. The van der Waals surface area contributed by atoms with Gasteiger partial charge in [-0.3, -0.25) is 0 Å². The van der Waals surface area contributed by atoms with Gasteiger partial charge in [0.2, 0.25) is 0 Å². The van der Waals surface area contributed by atoms with Gasteiger partial charge in [0, 0.05) is 27.2 Å². The topological polar surface area (TPSA) is 14.2 Å². The summed E-state index contributed by atoms with van der Waals surface area (Å²) in [4.78, 5) is 0. The molecule has 0 aliphatic carbocycles. The molecule has 1 heterocycles. The van der Waals surface area contributed by atoms with Gasteiger partial charge in [-0.15, -0.1) is 55.5 Å². The summed E-state index contributed by atoms with van der Waals surface area (Å²) in [5.41, 5.74) is 6.94. The number of benzene rings is 4. The first-order valence-corrected chi connectivity index (χ1v) is 29.2. The van der Waals surface area contributed by atoms with Crippen LogP contribution in [0.15, 0.2) is 78.9 Å². The van der Waals surface area contributed by atoms with Gasteiger partial charge in [0.05, 0.1) is 5.60 Å². The maximum atomic E-state index is 6.12. The summed E-state index contributed by atoms with van der Waals surface area (Å²) < 4.78 is 8.61. The van der Waals surface area contributed by atoms with Crippen molar-refractivity contribution < 1.29 is 25.6 Å². The molecule has 0 aliphatic rings. The Morgan fingerprint density at radius 1 is 0.655 bits per heavy atom. The Hall–Kier alpha value is -2.20. The Morgan fingerprint density at radius 2 is 1.22 bits per heavy atom. The van der Waals surface area contributed by atoms with E-state index in [0.29, 0.717) is 0 Å². The van der Waals surface area contributed by atoms with Gasteiger partial charge >= 0.3 is 37.9 Å². The second kappa shape index (κ2) is 16.2. The minimum atomic E-state index is -2.48. The molecule has 0 fully saturated rings. The van der Waals surface area contributed by atoms with Gasteiger partial charge in [-0.05, 0) is 56.5 Å². The standard InChI is InChI=1S/C49H61NOSi.2ClH.Zr/c1-32-21-26-42-41(29-32)43-44(50(42)11)37-19-15-16-20-38(37)46(43)52(12,28-18-14-13-17-27-51-49(8,9)10)45-39-30-33(47(2,3)4)22-24-35(39)36-25-23-34(31-40(36)45)48(5,6)7;;;/h15-16,19-26,29-31H,13-14,17-18,27-28H2,1-12H3;2*1H;/q-2;;;+4/p-2. The molecule has 1 atom stereocenters. The van der Waals surface area contributed by atoms with Gasteiger partial charge in [-0.2, -0.15) is 0 Å². The number of fused-ring (bicyclic) bond motifs is 8. The van der Waals surface area contributed by atoms with Crippen molar-refractivity contribution in [2.24, 2.45) is 7.05 Å².